The molecule has 0 aliphatic carbocycles. The van der Waals surface area contributed by atoms with E-state index in [0.29, 0.717) is 12.0 Å². The lowest BCUT2D eigenvalue weighted by Gasteiger charge is -2.37. The first kappa shape index (κ1) is 16.4. The molecule has 0 radical (unpaired) electrons. The molecule has 7 heteroatoms. The fraction of sp³-hybridized carbons (Fsp3) is 0.471. The summed E-state index contributed by atoms with van der Waals surface area (Å²) >= 11 is 0. The van der Waals surface area contributed by atoms with Crippen LogP contribution in [0.25, 0.3) is 0 Å². The van der Waals surface area contributed by atoms with Gasteiger partial charge in [0.05, 0.1) is 11.9 Å². The van der Waals surface area contributed by atoms with Crippen LogP contribution in [0.2, 0.25) is 0 Å². The zero-order valence-corrected chi connectivity index (χ0v) is 14.5. The lowest BCUT2D eigenvalue weighted by Crippen LogP contribution is -2.49. The van der Waals surface area contributed by atoms with Crippen LogP contribution in [0.1, 0.15) is 13.8 Å². The summed E-state index contributed by atoms with van der Waals surface area (Å²) in [4.78, 5) is 17.9. The second-order valence-corrected chi connectivity index (χ2v) is 6.16. The fourth-order valence-electron chi connectivity index (χ4n) is 2.81. The van der Waals surface area contributed by atoms with Gasteiger partial charge in [-0.2, -0.15) is 4.98 Å². The topological polar surface area (TPSA) is 69.2 Å². The monoisotopic (exact) mass is 327 g/mol. The number of hydrogen-bond donors (Lipinski definition) is 2. The van der Waals surface area contributed by atoms with Crippen LogP contribution in [0.15, 0.2) is 30.6 Å². The number of pyridine rings is 1. The number of piperazine rings is 1. The Balaban J connectivity index is 1.61. The Labute approximate surface area is 143 Å². The van der Waals surface area contributed by atoms with E-state index < -0.39 is 0 Å². The highest BCUT2D eigenvalue weighted by atomic mass is 15.3. The molecule has 0 saturated carbocycles. The molecule has 0 unspecified atom stereocenters. The molecule has 1 aliphatic rings. The second-order valence-electron chi connectivity index (χ2n) is 6.16. The Morgan fingerprint density at radius 3 is 2.46 bits per heavy atom. The summed E-state index contributed by atoms with van der Waals surface area (Å²) in [6, 6.07) is 6.55. The largest absolute Gasteiger partial charge is 0.357 e. The molecule has 2 N–H and O–H groups in total. The first-order valence-corrected chi connectivity index (χ1v) is 8.38. The van der Waals surface area contributed by atoms with Crippen molar-refractivity contribution in [1.82, 2.24) is 19.9 Å². The van der Waals surface area contributed by atoms with Gasteiger partial charge >= 0.3 is 0 Å². The molecule has 7 nitrogen and oxygen atoms in total. The van der Waals surface area contributed by atoms with E-state index in [2.05, 4.69) is 55.3 Å². The van der Waals surface area contributed by atoms with Crippen LogP contribution >= 0.6 is 0 Å². The van der Waals surface area contributed by atoms with Crippen molar-refractivity contribution >= 4 is 23.3 Å². The van der Waals surface area contributed by atoms with E-state index in [0.717, 1.165) is 43.5 Å². The summed E-state index contributed by atoms with van der Waals surface area (Å²) in [6.07, 6.45) is 3.57. The highest BCUT2D eigenvalue weighted by molar-refractivity contribution is 5.58. The maximum atomic E-state index is 4.60. The zero-order chi connectivity index (χ0) is 16.9. The van der Waals surface area contributed by atoms with Gasteiger partial charge in [-0.3, -0.25) is 4.90 Å². The molecule has 1 fully saturated rings. The molecule has 3 rings (SSSR count). The lowest BCUT2D eigenvalue weighted by molar-refractivity contribution is 0.209. The Kier molecular flexibility index (Phi) is 5.10. The van der Waals surface area contributed by atoms with Gasteiger partial charge in [-0.05, 0) is 32.0 Å². The number of nitrogens with one attached hydrogen (secondary N) is 2. The molecule has 0 atom stereocenters. The van der Waals surface area contributed by atoms with Crippen LogP contribution in [-0.2, 0) is 0 Å². The molecular formula is C17H25N7. The maximum Gasteiger partial charge on any atom is 0.224 e. The smallest absolute Gasteiger partial charge is 0.224 e. The van der Waals surface area contributed by atoms with Gasteiger partial charge in [-0.15, -0.1) is 0 Å². The standard InChI is InChI=1S/C17H25N7/c1-13(2)23-8-10-24(11-9-23)16-5-4-14(12-20-16)21-15-6-7-19-17(18-3)22-15/h4-7,12-13H,8-11H2,1-3H3,(H2,18,19,21,22). The molecule has 2 aromatic heterocycles. The summed E-state index contributed by atoms with van der Waals surface area (Å²) in [5.74, 6) is 2.37. The molecule has 2 aromatic rings. The van der Waals surface area contributed by atoms with Gasteiger partial charge in [0.1, 0.15) is 11.6 Å². The van der Waals surface area contributed by atoms with E-state index in [9.17, 15) is 0 Å². The molecule has 3 heterocycles. The molecule has 0 aromatic carbocycles. The van der Waals surface area contributed by atoms with Crippen LogP contribution in [0.4, 0.5) is 23.3 Å². The van der Waals surface area contributed by atoms with Gasteiger partial charge in [-0.1, -0.05) is 0 Å². The van der Waals surface area contributed by atoms with Crippen LogP contribution in [0.5, 0.6) is 0 Å². The van der Waals surface area contributed by atoms with Crippen molar-refractivity contribution < 1.29 is 0 Å². The fourth-order valence-corrected chi connectivity index (χ4v) is 2.81. The highest BCUT2D eigenvalue weighted by Crippen LogP contribution is 2.19. The summed E-state index contributed by atoms with van der Waals surface area (Å²) in [6.45, 7) is 8.73. The van der Waals surface area contributed by atoms with Crippen molar-refractivity contribution in [2.45, 2.75) is 19.9 Å². The molecule has 1 saturated heterocycles. The summed E-state index contributed by atoms with van der Waals surface area (Å²) in [5, 5.41) is 6.18. The van der Waals surface area contributed by atoms with Crippen molar-refractivity contribution in [3.05, 3.63) is 30.6 Å². The number of aromatic nitrogens is 3. The van der Waals surface area contributed by atoms with Gasteiger partial charge in [-0.25, -0.2) is 9.97 Å². The SMILES string of the molecule is CNc1nccc(Nc2ccc(N3CCN(C(C)C)CC3)nc2)n1. The molecule has 24 heavy (non-hydrogen) atoms. The first-order valence-electron chi connectivity index (χ1n) is 8.38. The minimum absolute atomic E-state index is 0.590. The van der Waals surface area contributed by atoms with Crippen molar-refractivity contribution in [2.24, 2.45) is 0 Å². The molecule has 128 valence electrons. The average Bonchev–Trinajstić information content (AvgIpc) is 2.62. The minimum atomic E-state index is 0.590. The second kappa shape index (κ2) is 7.44. The summed E-state index contributed by atoms with van der Waals surface area (Å²) < 4.78 is 0. The number of hydrogen-bond acceptors (Lipinski definition) is 7. The predicted molar refractivity (Wildman–Crippen MR) is 98.0 cm³/mol. The van der Waals surface area contributed by atoms with Crippen LogP contribution in [-0.4, -0.2) is 59.1 Å². The van der Waals surface area contributed by atoms with E-state index in [1.54, 1.807) is 13.2 Å². The van der Waals surface area contributed by atoms with Crippen LogP contribution < -0.4 is 15.5 Å². The van der Waals surface area contributed by atoms with Gasteiger partial charge < -0.3 is 15.5 Å². The maximum absolute atomic E-state index is 4.60. The number of rotatable bonds is 5. The van der Waals surface area contributed by atoms with E-state index >= 15 is 0 Å². The number of anilines is 4. The quantitative estimate of drug-likeness (QED) is 0.872. The normalized spacial score (nSPS) is 15.6. The third kappa shape index (κ3) is 3.91. The Bertz CT molecular complexity index is 648. The van der Waals surface area contributed by atoms with Gasteiger partial charge in [0, 0.05) is 45.5 Å². The summed E-state index contributed by atoms with van der Waals surface area (Å²) in [7, 11) is 1.80. The van der Waals surface area contributed by atoms with E-state index in [1.807, 2.05) is 18.3 Å². The Hall–Kier alpha value is -2.41. The predicted octanol–water partition coefficient (Wildman–Crippen LogP) is 2.19. The Morgan fingerprint density at radius 1 is 1.04 bits per heavy atom. The van der Waals surface area contributed by atoms with Gasteiger partial charge in [0.25, 0.3) is 0 Å². The third-order valence-corrected chi connectivity index (χ3v) is 4.27. The van der Waals surface area contributed by atoms with E-state index in [1.165, 1.54) is 0 Å². The van der Waals surface area contributed by atoms with Crippen LogP contribution in [0.3, 0.4) is 0 Å². The van der Waals surface area contributed by atoms with Crippen molar-refractivity contribution in [2.75, 3.05) is 48.8 Å². The minimum Gasteiger partial charge on any atom is -0.357 e. The Morgan fingerprint density at radius 2 is 1.83 bits per heavy atom. The first-order chi connectivity index (χ1) is 11.7. The zero-order valence-electron chi connectivity index (χ0n) is 14.5. The van der Waals surface area contributed by atoms with Crippen molar-refractivity contribution in [3.63, 3.8) is 0 Å². The lowest BCUT2D eigenvalue weighted by atomic mass is 10.2. The molecular weight excluding hydrogens is 302 g/mol. The van der Waals surface area contributed by atoms with E-state index in [4.69, 9.17) is 0 Å². The number of nitrogens with zero attached hydrogens (tertiary/aromatic N) is 5. The molecule has 0 amide bonds. The molecule has 0 bridgehead atoms. The van der Waals surface area contributed by atoms with Crippen LogP contribution in [0, 0.1) is 0 Å². The average molecular weight is 327 g/mol. The molecule has 0 spiro atoms. The van der Waals surface area contributed by atoms with Gasteiger partial charge in [0.2, 0.25) is 5.95 Å². The summed E-state index contributed by atoms with van der Waals surface area (Å²) in [5.41, 5.74) is 0.917. The molecule has 1 aliphatic heterocycles. The van der Waals surface area contributed by atoms with Gasteiger partial charge in [0.15, 0.2) is 0 Å². The van der Waals surface area contributed by atoms with Crippen molar-refractivity contribution in [1.29, 1.82) is 0 Å². The van der Waals surface area contributed by atoms with Crippen molar-refractivity contribution in [3.8, 4) is 0 Å². The highest BCUT2D eigenvalue weighted by Gasteiger charge is 2.19. The van der Waals surface area contributed by atoms with E-state index in [-0.39, 0.29) is 0 Å². The third-order valence-electron chi connectivity index (χ3n) is 4.27.